The summed E-state index contributed by atoms with van der Waals surface area (Å²) < 4.78 is 0. The van der Waals surface area contributed by atoms with Gasteiger partial charge in [0.15, 0.2) is 5.54 Å². The third kappa shape index (κ3) is 3.07. The van der Waals surface area contributed by atoms with E-state index in [4.69, 9.17) is 0 Å². The lowest BCUT2D eigenvalue weighted by molar-refractivity contribution is -0.138. The molecule has 4 amide bonds. The molecule has 1 fully saturated rings. The van der Waals surface area contributed by atoms with Crippen LogP contribution in [0.3, 0.4) is 0 Å². The average molecular weight is 375 g/mol. The third-order valence-electron chi connectivity index (χ3n) is 5.23. The molecule has 1 atom stereocenters. The van der Waals surface area contributed by atoms with E-state index in [1.165, 1.54) is 0 Å². The van der Waals surface area contributed by atoms with Gasteiger partial charge in [-0.05, 0) is 29.9 Å². The zero-order chi connectivity index (χ0) is 19.6. The highest BCUT2D eigenvalue weighted by atomic mass is 16.2. The molecule has 0 bridgehead atoms. The highest BCUT2D eigenvalue weighted by Crippen LogP contribution is 2.35. The van der Waals surface area contributed by atoms with Crippen LogP contribution in [0.4, 0.5) is 4.79 Å². The van der Waals surface area contributed by atoms with Crippen molar-refractivity contribution >= 4 is 17.8 Å². The molecule has 0 saturated carbocycles. The fraction of sp³-hybridized carbons (Fsp3) is 0.227. The molecule has 1 aliphatic carbocycles. The Morgan fingerprint density at radius 2 is 1.64 bits per heavy atom. The lowest BCUT2D eigenvalue weighted by Crippen LogP contribution is -2.49. The van der Waals surface area contributed by atoms with Crippen molar-refractivity contribution < 1.29 is 14.4 Å². The van der Waals surface area contributed by atoms with Crippen LogP contribution in [0, 0.1) is 5.92 Å². The minimum Gasteiger partial charge on any atom is -0.314 e. The molecule has 2 aromatic rings. The second-order valence-electron chi connectivity index (χ2n) is 7.06. The van der Waals surface area contributed by atoms with Crippen LogP contribution < -0.4 is 10.7 Å². The Bertz CT molecular complexity index is 885. The molecule has 6 nitrogen and oxygen atoms in total. The van der Waals surface area contributed by atoms with Crippen LogP contribution in [0.5, 0.6) is 0 Å². The van der Waals surface area contributed by atoms with Gasteiger partial charge in [0, 0.05) is 6.42 Å². The fourth-order valence-corrected chi connectivity index (χ4v) is 3.84. The predicted molar refractivity (Wildman–Crippen MR) is 104 cm³/mol. The summed E-state index contributed by atoms with van der Waals surface area (Å²) >= 11 is 0. The Kier molecular flexibility index (Phi) is 4.69. The molecule has 1 saturated heterocycles. The van der Waals surface area contributed by atoms with E-state index in [2.05, 4.69) is 10.7 Å². The Balaban J connectivity index is 1.65. The van der Waals surface area contributed by atoms with Crippen LogP contribution in [0.25, 0.3) is 0 Å². The molecule has 0 radical (unpaired) electrons. The summed E-state index contributed by atoms with van der Waals surface area (Å²) in [6.07, 6.45) is 6.15. The lowest BCUT2D eigenvalue weighted by Gasteiger charge is -2.27. The number of rotatable bonds is 5. The van der Waals surface area contributed by atoms with Crippen LogP contribution in [0.15, 0.2) is 72.8 Å². The van der Waals surface area contributed by atoms with Gasteiger partial charge in [-0.1, -0.05) is 72.8 Å². The maximum absolute atomic E-state index is 13.4. The zero-order valence-electron chi connectivity index (χ0n) is 15.3. The number of allylic oxidation sites excluding steroid dienone is 2. The molecule has 2 aliphatic rings. The van der Waals surface area contributed by atoms with E-state index >= 15 is 0 Å². The van der Waals surface area contributed by atoms with Crippen LogP contribution in [0.1, 0.15) is 30.4 Å². The first-order valence-electron chi connectivity index (χ1n) is 9.35. The van der Waals surface area contributed by atoms with Gasteiger partial charge in [0.2, 0.25) is 5.91 Å². The van der Waals surface area contributed by atoms with Gasteiger partial charge in [0.1, 0.15) is 0 Å². The van der Waals surface area contributed by atoms with Crippen molar-refractivity contribution in [1.29, 1.82) is 0 Å². The van der Waals surface area contributed by atoms with Gasteiger partial charge in [-0.3, -0.25) is 15.0 Å². The topological polar surface area (TPSA) is 78.5 Å². The maximum Gasteiger partial charge on any atom is 0.344 e. The normalized spacial score (nSPS) is 20.3. The van der Waals surface area contributed by atoms with Crippen molar-refractivity contribution in [2.45, 2.75) is 24.8 Å². The SMILES string of the molecule is O=C(C[C@H]1C=CCC1)NN1C(=O)NC(c2ccccc2)(c2ccccc2)C1=O. The van der Waals surface area contributed by atoms with Crippen molar-refractivity contribution in [1.82, 2.24) is 15.8 Å². The quantitative estimate of drug-likeness (QED) is 0.623. The second-order valence-corrected chi connectivity index (χ2v) is 7.06. The number of amides is 4. The number of hydrogen-bond acceptors (Lipinski definition) is 3. The summed E-state index contributed by atoms with van der Waals surface area (Å²) in [4.78, 5) is 38.5. The summed E-state index contributed by atoms with van der Waals surface area (Å²) in [6.45, 7) is 0. The van der Waals surface area contributed by atoms with Crippen molar-refractivity contribution in [2.24, 2.45) is 5.92 Å². The minimum absolute atomic E-state index is 0.147. The largest absolute Gasteiger partial charge is 0.344 e. The van der Waals surface area contributed by atoms with E-state index in [0.717, 1.165) is 17.9 Å². The number of nitrogens with one attached hydrogen (secondary N) is 2. The van der Waals surface area contributed by atoms with Gasteiger partial charge in [-0.2, -0.15) is 5.01 Å². The van der Waals surface area contributed by atoms with Gasteiger partial charge in [-0.15, -0.1) is 0 Å². The Morgan fingerprint density at radius 1 is 1.04 bits per heavy atom. The predicted octanol–water partition coefficient (Wildman–Crippen LogP) is 2.87. The first-order chi connectivity index (χ1) is 13.6. The fourth-order valence-electron chi connectivity index (χ4n) is 3.84. The van der Waals surface area contributed by atoms with Gasteiger partial charge in [0.05, 0.1) is 0 Å². The van der Waals surface area contributed by atoms with Crippen LogP contribution >= 0.6 is 0 Å². The van der Waals surface area contributed by atoms with Gasteiger partial charge in [0.25, 0.3) is 5.91 Å². The molecule has 6 heteroatoms. The maximum atomic E-state index is 13.4. The minimum atomic E-state index is -1.37. The van der Waals surface area contributed by atoms with E-state index in [0.29, 0.717) is 11.1 Å². The summed E-state index contributed by atoms with van der Waals surface area (Å²) in [5.74, 6) is -0.726. The Labute approximate surface area is 163 Å². The van der Waals surface area contributed by atoms with E-state index in [-0.39, 0.29) is 18.2 Å². The summed E-state index contributed by atoms with van der Waals surface area (Å²) in [6, 6.07) is 17.5. The zero-order valence-corrected chi connectivity index (χ0v) is 15.3. The van der Waals surface area contributed by atoms with E-state index < -0.39 is 17.5 Å². The highest BCUT2D eigenvalue weighted by molar-refractivity contribution is 6.10. The monoisotopic (exact) mass is 375 g/mol. The van der Waals surface area contributed by atoms with E-state index in [9.17, 15) is 14.4 Å². The Morgan fingerprint density at radius 3 is 2.18 bits per heavy atom. The van der Waals surface area contributed by atoms with Gasteiger partial charge < -0.3 is 5.32 Å². The lowest BCUT2D eigenvalue weighted by atomic mass is 9.83. The molecule has 4 rings (SSSR count). The standard InChI is InChI=1S/C22H21N3O3/c26-19(15-16-9-7-8-10-16)24-25-20(27)22(23-21(25)28,17-11-3-1-4-12-17)18-13-5-2-6-14-18/h1-7,9,11-14,16H,8,10,15H2,(H,23,28)(H,24,26)/t16-/m0/s1. The van der Waals surface area contributed by atoms with E-state index in [1.807, 2.05) is 48.6 Å². The number of hydrogen-bond donors (Lipinski definition) is 2. The molecule has 0 aromatic heterocycles. The van der Waals surface area contributed by atoms with Crippen LogP contribution in [0.2, 0.25) is 0 Å². The Hall–Kier alpha value is -3.41. The first kappa shape index (κ1) is 18.0. The molecule has 0 spiro atoms. The van der Waals surface area contributed by atoms with Crippen molar-refractivity contribution in [3.05, 3.63) is 83.9 Å². The molecule has 1 aliphatic heterocycles. The molecule has 2 N–H and O–H groups in total. The molecule has 2 aromatic carbocycles. The summed E-state index contributed by atoms with van der Waals surface area (Å²) in [7, 11) is 0. The van der Waals surface area contributed by atoms with Crippen LogP contribution in [-0.4, -0.2) is 22.9 Å². The number of benzene rings is 2. The number of carbonyl (C=O) groups excluding carboxylic acids is 3. The number of hydrazine groups is 1. The first-order valence-corrected chi connectivity index (χ1v) is 9.35. The molecular formula is C22H21N3O3. The summed E-state index contributed by atoms with van der Waals surface area (Å²) in [5, 5.41) is 3.61. The number of carbonyl (C=O) groups is 3. The highest BCUT2D eigenvalue weighted by Gasteiger charge is 2.54. The number of nitrogens with zero attached hydrogens (tertiary/aromatic N) is 1. The third-order valence-corrected chi connectivity index (χ3v) is 5.23. The molecule has 28 heavy (non-hydrogen) atoms. The van der Waals surface area contributed by atoms with Crippen molar-refractivity contribution in [3.8, 4) is 0 Å². The average Bonchev–Trinajstić information content (AvgIpc) is 3.31. The van der Waals surface area contributed by atoms with Crippen LogP contribution in [-0.2, 0) is 15.1 Å². The smallest absolute Gasteiger partial charge is 0.314 e. The van der Waals surface area contributed by atoms with E-state index in [1.54, 1.807) is 24.3 Å². The van der Waals surface area contributed by atoms with Gasteiger partial charge in [-0.25, -0.2) is 4.79 Å². The molecule has 1 heterocycles. The van der Waals surface area contributed by atoms with Gasteiger partial charge >= 0.3 is 6.03 Å². The molecular weight excluding hydrogens is 354 g/mol. The number of urea groups is 1. The second kappa shape index (κ2) is 7.31. The molecule has 0 unspecified atom stereocenters. The van der Waals surface area contributed by atoms with Crippen molar-refractivity contribution in [3.63, 3.8) is 0 Å². The molecule has 142 valence electrons. The number of imide groups is 1. The van der Waals surface area contributed by atoms with Crippen molar-refractivity contribution in [2.75, 3.05) is 0 Å². The summed E-state index contributed by atoms with van der Waals surface area (Å²) in [5.41, 5.74) is 2.39.